The Morgan fingerprint density at radius 2 is 2.00 bits per heavy atom. The maximum atomic E-state index is 6.17. The summed E-state index contributed by atoms with van der Waals surface area (Å²) in [6.07, 6.45) is 0. The van der Waals surface area contributed by atoms with Gasteiger partial charge in [-0.2, -0.15) is 0 Å². The van der Waals surface area contributed by atoms with Crippen molar-refractivity contribution in [2.75, 3.05) is 14.2 Å². The van der Waals surface area contributed by atoms with Crippen molar-refractivity contribution in [3.63, 3.8) is 0 Å². The minimum atomic E-state index is -0.402. The minimum absolute atomic E-state index is 0.0180. The van der Waals surface area contributed by atoms with Crippen LogP contribution in [-0.2, 0) is 0 Å². The van der Waals surface area contributed by atoms with Crippen molar-refractivity contribution in [1.82, 2.24) is 5.32 Å². The standard InChI is InChI=1S/C13H21ClN2O/c1-8-6-11(17-5)9(7-10(8)14)12(16-4)13(2,3)15/h6-7,12,16H,15H2,1-5H3. The third kappa shape index (κ3) is 3.12. The van der Waals surface area contributed by atoms with Crippen LogP contribution in [-0.4, -0.2) is 19.7 Å². The number of hydrogen-bond acceptors (Lipinski definition) is 3. The molecule has 0 fully saturated rings. The normalized spacial score (nSPS) is 13.6. The Kier molecular flexibility index (Phi) is 4.42. The molecular weight excluding hydrogens is 236 g/mol. The molecule has 0 aliphatic rings. The number of methoxy groups -OCH3 is 1. The van der Waals surface area contributed by atoms with Crippen molar-refractivity contribution in [3.05, 3.63) is 28.3 Å². The summed E-state index contributed by atoms with van der Waals surface area (Å²) in [4.78, 5) is 0. The van der Waals surface area contributed by atoms with E-state index in [9.17, 15) is 0 Å². The molecule has 0 aliphatic heterocycles. The molecule has 0 aliphatic carbocycles. The van der Waals surface area contributed by atoms with Gasteiger partial charge in [-0.05, 0) is 45.5 Å². The van der Waals surface area contributed by atoms with Crippen LogP contribution in [0.2, 0.25) is 5.02 Å². The van der Waals surface area contributed by atoms with Crippen LogP contribution in [0.25, 0.3) is 0 Å². The number of likely N-dealkylation sites (N-methyl/N-ethyl adjacent to an activating group) is 1. The van der Waals surface area contributed by atoms with E-state index in [0.29, 0.717) is 0 Å². The van der Waals surface area contributed by atoms with Crippen molar-refractivity contribution in [2.45, 2.75) is 32.4 Å². The molecule has 3 nitrogen and oxygen atoms in total. The molecule has 1 rings (SSSR count). The van der Waals surface area contributed by atoms with Crippen LogP contribution in [0.15, 0.2) is 12.1 Å². The SMILES string of the molecule is CNC(c1cc(Cl)c(C)cc1OC)C(C)(C)N. The summed E-state index contributed by atoms with van der Waals surface area (Å²) in [5, 5.41) is 3.94. The second-order valence-corrected chi connectivity index (χ2v) is 5.29. The van der Waals surface area contributed by atoms with Gasteiger partial charge in [0.05, 0.1) is 13.2 Å². The summed E-state index contributed by atoms with van der Waals surface area (Å²) in [5.41, 5.74) is 7.75. The zero-order valence-corrected chi connectivity index (χ0v) is 11.9. The maximum absolute atomic E-state index is 6.17. The van der Waals surface area contributed by atoms with Gasteiger partial charge in [0.15, 0.2) is 0 Å². The van der Waals surface area contributed by atoms with E-state index in [1.807, 2.05) is 40.0 Å². The highest BCUT2D eigenvalue weighted by atomic mass is 35.5. The Balaban J connectivity index is 3.32. The number of rotatable bonds is 4. The van der Waals surface area contributed by atoms with E-state index in [1.165, 1.54) is 0 Å². The van der Waals surface area contributed by atoms with Gasteiger partial charge in [0, 0.05) is 16.1 Å². The van der Waals surface area contributed by atoms with Gasteiger partial charge in [-0.3, -0.25) is 0 Å². The molecule has 0 saturated heterocycles. The van der Waals surface area contributed by atoms with Gasteiger partial charge in [0.1, 0.15) is 5.75 Å². The van der Waals surface area contributed by atoms with E-state index in [2.05, 4.69) is 5.32 Å². The van der Waals surface area contributed by atoms with Crippen LogP contribution in [0.3, 0.4) is 0 Å². The smallest absolute Gasteiger partial charge is 0.124 e. The van der Waals surface area contributed by atoms with E-state index < -0.39 is 5.54 Å². The second kappa shape index (κ2) is 5.25. The average Bonchev–Trinajstić information content (AvgIpc) is 2.21. The van der Waals surface area contributed by atoms with Crippen LogP contribution in [0, 0.1) is 6.92 Å². The monoisotopic (exact) mass is 256 g/mol. The second-order valence-electron chi connectivity index (χ2n) is 4.89. The van der Waals surface area contributed by atoms with Crippen molar-refractivity contribution >= 4 is 11.6 Å². The van der Waals surface area contributed by atoms with Gasteiger partial charge in [-0.25, -0.2) is 0 Å². The Morgan fingerprint density at radius 3 is 2.41 bits per heavy atom. The third-order valence-corrected chi connectivity index (χ3v) is 3.26. The first-order chi connectivity index (χ1) is 7.81. The first kappa shape index (κ1) is 14.3. The van der Waals surface area contributed by atoms with Gasteiger partial charge in [-0.1, -0.05) is 11.6 Å². The molecule has 96 valence electrons. The van der Waals surface area contributed by atoms with Gasteiger partial charge in [0.25, 0.3) is 0 Å². The molecule has 1 atom stereocenters. The minimum Gasteiger partial charge on any atom is -0.496 e. The van der Waals surface area contributed by atoms with Crippen LogP contribution in [0.1, 0.15) is 31.0 Å². The lowest BCUT2D eigenvalue weighted by atomic mass is 9.88. The number of aryl methyl sites for hydroxylation is 1. The Hall–Kier alpha value is -0.770. The average molecular weight is 257 g/mol. The summed E-state index contributed by atoms with van der Waals surface area (Å²) >= 11 is 6.17. The molecular formula is C13H21ClN2O. The highest BCUT2D eigenvalue weighted by molar-refractivity contribution is 6.31. The molecule has 1 aromatic carbocycles. The molecule has 0 heterocycles. The zero-order chi connectivity index (χ0) is 13.2. The number of halogens is 1. The van der Waals surface area contributed by atoms with Crippen molar-refractivity contribution in [3.8, 4) is 5.75 Å². The van der Waals surface area contributed by atoms with Crippen LogP contribution in [0.4, 0.5) is 0 Å². The molecule has 0 saturated carbocycles. The summed E-state index contributed by atoms with van der Waals surface area (Å²) < 4.78 is 5.40. The molecule has 1 unspecified atom stereocenters. The fourth-order valence-electron chi connectivity index (χ4n) is 2.00. The van der Waals surface area contributed by atoms with E-state index in [0.717, 1.165) is 21.9 Å². The number of nitrogens with two attached hydrogens (primary N) is 1. The van der Waals surface area contributed by atoms with Gasteiger partial charge >= 0.3 is 0 Å². The largest absolute Gasteiger partial charge is 0.496 e. The van der Waals surface area contributed by atoms with E-state index >= 15 is 0 Å². The van der Waals surface area contributed by atoms with Crippen molar-refractivity contribution in [1.29, 1.82) is 0 Å². The van der Waals surface area contributed by atoms with E-state index in [1.54, 1.807) is 7.11 Å². The number of nitrogens with one attached hydrogen (secondary N) is 1. The van der Waals surface area contributed by atoms with E-state index in [-0.39, 0.29) is 6.04 Å². The molecule has 0 spiro atoms. The predicted octanol–water partition coefficient (Wildman–Crippen LogP) is 2.65. The molecule has 17 heavy (non-hydrogen) atoms. The first-order valence-corrected chi connectivity index (χ1v) is 5.99. The molecule has 0 amide bonds. The first-order valence-electron chi connectivity index (χ1n) is 5.61. The Morgan fingerprint density at radius 1 is 1.41 bits per heavy atom. The van der Waals surface area contributed by atoms with Gasteiger partial charge in [0.2, 0.25) is 0 Å². The molecule has 0 radical (unpaired) electrons. The molecule has 0 aromatic heterocycles. The van der Waals surface area contributed by atoms with E-state index in [4.69, 9.17) is 22.1 Å². The predicted molar refractivity (Wildman–Crippen MR) is 72.8 cm³/mol. The summed E-state index contributed by atoms with van der Waals surface area (Å²) in [5.74, 6) is 0.810. The summed E-state index contributed by atoms with van der Waals surface area (Å²) in [6, 6.07) is 3.84. The summed E-state index contributed by atoms with van der Waals surface area (Å²) in [6.45, 7) is 5.90. The van der Waals surface area contributed by atoms with Gasteiger partial charge < -0.3 is 15.8 Å². The molecule has 4 heteroatoms. The lowest BCUT2D eigenvalue weighted by Crippen LogP contribution is -2.45. The highest BCUT2D eigenvalue weighted by Gasteiger charge is 2.28. The lowest BCUT2D eigenvalue weighted by Gasteiger charge is -2.32. The Labute approximate surface area is 108 Å². The molecule has 0 bridgehead atoms. The maximum Gasteiger partial charge on any atom is 0.124 e. The summed E-state index contributed by atoms with van der Waals surface area (Å²) in [7, 11) is 3.54. The zero-order valence-electron chi connectivity index (χ0n) is 11.1. The Bertz CT molecular complexity index is 399. The van der Waals surface area contributed by atoms with Crippen molar-refractivity contribution < 1.29 is 4.74 Å². The highest BCUT2D eigenvalue weighted by Crippen LogP contribution is 2.34. The van der Waals surface area contributed by atoms with Crippen LogP contribution >= 0.6 is 11.6 Å². The lowest BCUT2D eigenvalue weighted by molar-refractivity contribution is 0.346. The molecule has 1 aromatic rings. The van der Waals surface area contributed by atoms with Crippen LogP contribution < -0.4 is 15.8 Å². The fourth-order valence-corrected chi connectivity index (χ4v) is 2.17. The van der Waals surface area contributed by atoms with Crippen molar-refractivity contribution in [2.24, 2.45) is 5.73 Å². The van der Waals surface area contributed by atoms with Gasteiger partial charge in [-0.15, -0.1) is 0 Å². The topological polar surface area (TPSA) is 47.3 Å². The quantitative estimate of drug-likeness (QED) is 0.871. The van der Waals surface area contributed by atoms with Crippen LogP contribution in [0.5, 0.6) is 5.75 Å². The third-order valence-electron chi connectivity index (χ3n) is 2.85. The molecule has 3 N–H and O–H groups in total. The number of hydrogen-bond donors (Lipinski definition) is 2. The number of ether oxygens (including phenoxy) is 1. The number of benzene rings is 1. The fraction of sp³-hybridized carbons (Fsp3) is 0.538.